The van der Waals surface area contributed by atoms with Crippen molar-refractivity contribution in [3.05, 3.63) is 38.3 Å². The maximum Gasteiger partial charge on any atom is 0.270 e. The number of nitro benzene ring substituents is 1. The lowest BCUT2D eigenvalue weighted by atomic mass is 10.1. The summed E-state index contributed by atoms with van der Waals surface area (Å²) in [4.78, 5) is 10.6. The van der Waals surface area contributed by atoms with Crippen LogP contribution in [-0.4, -0.2) is 9.75 Å². The second kappa shape index (κ2) is 5.61. The molecule has 0 amide bonds. The Balaban J connectivity index is 2.79. The zero-order valence-corrected chi connectivity index (χ0v) is 11.4. The van der Waals surface area contributed by atoms with Crippen molar-refractivity contribution >= 4 is 37.5 Å². The summed E-state index contributed by atoms with van der Waals surface area (Å²) in [5.74, 6) is 0. The van der Waals surface area contributed by atoms with Crippen LogP contribution in [0.2, 0.25) is 0 Å². The van der Waals surface area contributed by atoms with Crippen LogP contribution in [0.5, 0.6) is 0 Å². The Kier molecular flexibility index (Phi) is 4.73. The first-order valence-corrected chi connectivity index (χ1v) is 6.28. The van der Waals surface area contributed by atoms with E-state index in [0.29, 0.717) is 4.83 Å². The van der Waals surface area contributed by atoms with Gasteiger partial charge in [-0.2, -0.15) is 0 Å². The second-order valence-corrected chi connectivity index (χ2v) is 5.77. The summed E-state index contributed by atoms with van der Waals surface area (Å²) in [5, 5.41) is 10.5. The molecule has 3 nitrogen and oxygen atoms in total. The summed E-state index contributed by atoms with van der Waals surface area (Å²) in [7, 11) is 0. The second-order valence-electron chi connectivity index (χ2n) is 3.35. The lowest BCUT2D eigenvalue weighted by Crippen LogP contribution is -1.96. The number of hydrogen-bond donors (Lipinski definition) is 0. The molecule has 0 radical (unpaired) electrons. The smallest absolute Gasteiger partial charge is 0.258 e. The van der Waals surface area contributed by atoms with E-state index in [9.17, 15) is 10.1 Å². The predicted octanol–water partition coefficient (Wildman–Crippen LogP) is 4.07. The molecule has 0 aliphatic rings. The van der Waals surface area contributed by atoms with Crippen molar-refractivity contribution in [2.24, 2.45) is 0 Å². The summed E-state index contributed by atoms with van der Waals surface area (Å²) in [6.07, 6.45) is 1.92. The molecule has 0 spiro atoms. The van der Waals surface area contributed by atoms with Gasteiger partial charge in [0.2, 0.25) is 0 Å². The van der Waals surface area contributed by atoms with Crippen LogP contribution in [-0.2, 0) is 6.42 Å². The molecule has 1 aromatic rings. The molecule has 1 atom stereocenters. The van der Waals surface area contributed by atoms with Gasteiger partial charge in [-0.25, -0.2) is 0 Å². The third-order valence-corrected chi connectivity index (χ3v) is 3.25. The highest BCUT2D eigenvalue weighted by Crippen LogP contribution is 2.24. The number of nitrogens with zero attached hydrogens (tertiary/aromatic N) is 1. The third kappa shape index (κ3) is 3.91. The minimum absolute atomic E-state index is 0.123. The molecular formula is C10H11Br2NO2. The van der Waals surface area contributed by atoms with Crippen molar-refractivity contribution in [1.29, 1.82) is 0 Å². The van der Waals surface area contributed by atoms with Crippen LogP contribution in [0.1, 0.15) is 18.9 Å². The maximum atomic E-state index is 10.5. The Hall–Kier alpha value is -0.420. The molecular weight excluding hydrogens is 326 g/mol. The van der Waals surface area contributed by atoms with Crippen molar-refractivity contribution in [3.63, 3.8) is 0 Å². The molecule has 1 unspecified atom stereocenters. The molecule has 0 saturated carbocycles. The average Bonchev–Trinajstić information content (AvgIpc) is 2.15. The fraction of sp³-hybridized carbons (Fsp3) is 0.400. The molecule has 0 heterocycles. The SMILES string of the molecule is CC(Br)CCc1ccc([N+](=O)[O-])cc1Br. The molecule has 82 valence electrons. The minimum atomic E-state index is -0.387. The van der Waals surface area contributed by atoms with Gasteiger partial charge in [-0.05, 0) is 18.4 Å². The number of halogens is 2. The normalized spacial score (nSPS) is 12.5. The zero-order chi connectivity index (χ0) is 11.4. The number of non-ortho nitro benzene ring substituents is 1. The van der Waals surface area contributed by atoms with Gasteiger partial charge in [0.1, 0.15) is 0 Å². The number of nitro groups is 1. The van der Waals surface area contributed by atoms with Crippen molar-refractivity contribution in [2.45, 2.75) is 24.6 Å². The molecule has 0 aliphatic heterocycles. The molecule has 0 fully saturated rings. The van der Waals surface area contributed by atoms with E-state index < -0.39 is 0 Å². The number of aryl methyl sites for hydroxylation is 1. The van der Waals surface area contributed by atoms with E-state index in [1.165, 1.54) is 0 Å². The molecule has 5 heteroatoms. The van der Waals surface area contributed by atoms with E-state index in [4.69, 9.17) is 0 Å². The molecule has 0 N–H and O–H groups in total. The quantitative estimate of drug-likeness (QED) is 0.472. The first kappa shape index (κ1) is 12.6. The van der Waals surface area contributed by atoms with Crippen molar-refractivity contribution in [3.8, 4) is 0 Å². The van der Waals surface area contributed by atoms with E-state index in [2.05, 4.69) is 38.8 Å². The fourth-order valence-corrected chi connectivity index (χ4v) is 2.00. The highest BCUT2D eigenvalue weighted by atomic mass is 79.9. The van der Waals surface area contributed by atoms with Gasteiger partial charge in [-0.15, -0.1) is 0 Å². The Morgan fingerprint density at radius 3 is 2.67 bits per heavy atom. The van der Waals surface area contributed by atoms with Crippen LogP contribution < -0.4 is 0 Å². The summed E-state index contributed by atoms with van der Waals surface area (Å²) in [6, 6.07) is 4.89. The van der Waals surface area contributed by atoms with Crippen LogP contribution in [0.15, 0.2) is 22.7 Å². The fourth-order valence-electron chi connectivity index (χ4n) is 1.21. The van der Waals surface area contributed by atoms with Gasteiger partial charge >= 0.3 is 0 Å². The largest absolute Gasteiger partial charge is 0.270 e. The van der Waals surface area contributed by atoms with Gasteiger partial charge < -0.3 is 0 Å². The Labute approximate surface area is 105 Å². The van der Waals surface area contributed by atoms with Gasteiger partial charge in [0, 0.05) is 21.4 Å². The van der Waals surface area contributed by atoms with Gasteiger partial charge in [0.25, 0.3) is 5.69 Å². The van der Waals surface area contributed by atoms with Crippen molar-refractivity contribution in [1.82, 2.24) is 0 Å². The van der Waals surface area contributed by atoms with Gasteiger partial charge in [0.05, 0.1) is 4.92 Å². The number of rotatable bonds is 4. The Morgan fingerprint density at radius 2 is 2.20 bits per heavy atom. The molecule has 0 saturated heterocycles. The average molecular weight is 337 g/mol. The van der Waals surface area contributed by atoms with Gasteiger partial charge in [-0.1, -0.05) is 44.8 Å². The summed E-state index contributed by atoms with van der Waals surface area (Å²) in [5.41, 5.74) is 1.23. The van der Waals surface area contributed by atoms with E-state index >= 15 is 0 Å². The summed E-state index contributed by atoms with van der Waals surface area (Å²) in [6.45, 7) is 2.08. The standard InChI is InChI=1S/C10H11Br2NO2/c1-7(11)2-3-8-4-5-9(13(14)15)6-10(8)12/h4-7H,2-3H2,1H3. The first-order valence-electron chi connectivity index (χ1n) is 4.57. The molecule has 0 aliphatic carbocycles. The summed E-state index contributed by atoms with van der Waals surface area (Å²) >= 11 is 6.82. The van der Waals surface area contributed by atoms with E-state index in [1.54, 1.807) is 18.2 Å². The van der Waals surface area contributed by atoms with Crippen molar-refractivity contribution < 1.29 is 4.92 Å². The zero-order valence-electron chi connectivity index (χ0n) is 8.24. The monoisotopic (exact) mass is 335 g/mol. The lowest BCUT2D eigenvalue weighted by molar-refractivity contribution is -0.384. The van der Waals surface area contributed by atoms with Crippen LogP contribution >= 0.6 is 31.9 Å². The minimum Gasteiger partial charge on any atom is -0.258 e. The molecule has 15 heavy (non-hydrogen) atoms. The molecule has 0 aromatic heterocycles. The highest BCUT2D eigenvalue weighted by molar-refractivity contribution is 9.10. The third-order valence-electron chi connectivity index (χ3n) is 2.06. The van der Waals surface area contributed by atoms with E-state index in [1.807, 2.05) is 0 Å². The molecule has 0 bridgehead atoms. The van der Waals surface area contributed by atoms with Gasteiger partial charge in [-0.3, -0.25) is 10.1 Å². The van der Waals surface area contributed by atoms with Crippen LogP contribution in [0, 0.1) is 10.1 Å². The molecule has 1 rings (SSSR count). The molecule has 1 aromatic carbocycles. The van der Waals surface area contributed by atoms with Crippen molar-refractivity contribution in [2.75, 3.05) is 0 Å². The summed E-state index contributed by atoms with van der Waals surface area (Å²) < 4.78 is 0.810. The van der Waals surface area contributed by atoms with Crippen LogP contribution in [0.4, 0.5) is 5.69 Å². The van der Waals surface area contributed by atoms with Crippen LogP contribution in [0.3, 0.4) is 0 Å². The Morgan fingerprint density at radius 1 is 1.53 bits per heavy atom. The Bertz CT molecular complexity index is 366. The highest BCUT2D eigenvalue weighted by Gasteiger charge is 2.09. The van der Waals surface area contributed by atoms with E-state index in [-0.39, 0.29) is 10.6 Å². The number of alkyl halides is 1. The number of hydrogen-bond acceptors (Lipinski definition) is 2. The predicted molar refractivity (Wildman–Crippen MR) is 67.5 cm³/mol. The van der Waals surface area contributed by atoms with Gasteiger partial charge in [0.15, 0.2) is 0 Å². The van der Waals surface area contributed by atoms with Crippen LogP contribution in [0.25, 0.3) is 0 Å². The number of benzene rings is 1. The topological polar surface area (TPSA) is 43.1 Å². The lowest BCUT2D eigenvalue weighted by Gasteiger charge is -2.05. The first-order chi connectivity index (χ1) is 7.00. The van der Waals surface area contributed by atoms with E-state index in [0.717, 1.165) is 22.9 Å². The maximum absolute atomic E-state index is 10.5.